The second kappa shape index (κ2) is 6.65. The molecule has 1 aromatic heterocycles. The molecule has 0 atom stereocenters. The highest BCUT2D eigenvalue weighted by Gasteiger charge is 2.26. The molecule has 0 fully saturated rings. The van der Waals surface area contributed by atoms with E-state index < -0.39 is 0 Å². The summed E-state index contributed by atoms with van der Waals surface area (Å²) >= 11 is 6.16. The van der Waals surface area contributed by atoms with E-state index in [0.29, 0.717) is 35.1 Å². The molecular formula is C19H18ClNO3. The summed E-state index contributed by atoms with van der Waals surface area (Å²) in [6, 6.07) is 7.27. The molecule has 1 aliphatic rings. The van der Waals surface area contributed by atoms with Gasteiger partial charge >= 0.3 is 0 Å². The van der Waals surface area contributed by atoms with Crippen molar-refractivity contribution in [3.63, 3.8) is 0 Å². The van der Waals surface area contributed by atoms with E-state index in [1.807, 2.05) is 26.0 Å². The Labute approximate surface area is 145 Å². The summed E-state index contributed by atoms with van der Waals surface area (Å²) in [6.45, 7) is 3.91. The summed E-state index contributed by atoms with van der Waals surface area (Å²) in [5.74, 6) is 0.957. The Kier molecular flexibility index (Phi) is 4.58. The summed E-state index contributed by atoms with van der Waals surface area (Å²) < 4.78 is 5.78. The largest absolute Gasteiger partial charge is 0.512 e. The van der Waals surface area contributed by atoms with Crippen molar-refractivity contribution in [3.05, 3.63) is 57.9 Å². The van der Waals surface area contributed by atoms with Gasteiger partial charge in [0.25, 0.3) is 0 Å². The monoisotopic (exact) mass is 343 g/mol. The van der Waals surface area contributed by atoms with E-state index in [1.54, 1.807) is 18.3 Å². The number of nitrogens with zero attached hydrogens (tertiary/aromatic N) is 1. The maximum absolute atomic E-state index is 12.1. The molecule has 0 aliphatic heterocycles. The van der Waals surface area contributed by atoms with Crippen LogP contribution >= 0.6 is 11.6 Å². The van der Waals surface area contributed by atoms with E-state index in [-0.39, 0.29) is 11.5 Å². The van der Waals surface area contributed by atoms with Gasteiger partial charge in [-0.3, -0.25) is 4.79 Å². The Morgan fingerprint density at radius 1 is 1.29 bits per heavy atom. The van der Waals surface area contributed by atoms with Gasteiger partial charge < -0.3 is 9.84 Å². The predicted octanol–water partition coefficient (Wildman–Crippen LogP) is 5.03. The number of ketones is 1. The molecule has 0 bridgehead atoms. The van der Waals surface area contributed by atoms with Crippen LogP contribution in [0.5, 0.6) is 11.6 Å². The Balaban J connectivity index is 2.01. The van der Waals surface area contributed by atoms with Gasteiger partial charge in [-0.05, 0) is 48.2 Å². The number of aliphatic hydroxyl groups is 1. The first kappa shape index (κ1) is 16.5. The molecule has 4 nitrogen and oxygen atoms in total. The fraction of sp³-hybridized carbons (Fsp3) is 0.263. The first-order chi connectivity index (χ1) is 11.5. The normalized spacial score (nSPS) is 14.4. The number of hydrogen-bond donors (Lipinski definition) is 1. The summed E-state index contributed by atoms with van der Waals surface area (Å²) in [7, 11) is 0. The smallest absolute Gasteiger partial charge is 0.238 e. The lowest BCUT2D eigenvalue weighted by molar-refractivity contribution is -0.113. The van der Waals surface area contributed by atoms with Gasteiger partial charge in [-0.25, -0.2) is 4.98 Å². The van der Waals surface area contributed by atoms with Crippen LogP contribution in [0, 0.1) is 6.92 Å². The van der Waals surface area contributed by atoms with Crippen molar-refractivity contribution >= 4 is 23.0 Å². The van der Waals surface area contributed by atoms with E-state index >= 15 is 0 Å². The molecule has 124 valence electrons. The zero-order valence-electron chi connectivity index (χ0n) is 13.6. The number of ether oxygens (including phenoxy) is 1. The Bertz CT molecular complexity index is 843. The number of pyridine rings is 1. The lowest BCUT2D eigenvalue weighted by Crippen LogP contribution is -2.01. The minimum Gasteiger partial charge on any atom is -0.512 e. The van der Waals surface area contributed by atoms with Gasteiger partial charge in [0, 0.05) is 19.0 Å². The average Bonchev–Trinajstić information content (AvgIpc) is 2.89. The van der Waals surface area contributed by atoms with Gasteiger partial charge in [-0.2, -0.15) is 0 Å². The fourth-order valence-corrected chi connectivity index (χ4v) is 3.08. The molecule has 0 radical (unpaired) electrons. The van der Waals surface area contributed by atoms with Crippen molar-refractivity contribution in [2.24, 2.45) is 0 Å². The van der Waals surface area contributed by atoms with Crippen LogP contribution in [0.15, 0.2) is 36.2 Å². The number of benzene rings is 1. The number of carbonyl (C=O) groups is 1. The van der Waals surface area contributed by atoms with E-state index in [2.05, 4.69) is 4.98 Å². The molecule has 2 aromatic rings. The number of allylic oxidation sites excluding steroid dienone is 2. The molecule has 3 rings (SSSR count). The number of hydrogen-bond acceptors (Lipinski definition) is 4. The highest BCUT2D eigenvalue weighted by atomic mass is 35.5. The van der Waals surface area contributed by atoms with Gasteiger partial charge in [0.15, 0.2) is 5.78 Å². The first-order valence-corrected chi connectivity index (χ1v) is 8.26. The Morgan fingerprint density at radius 3 is 2.71 bits per heavy atom. The second-order valence-electron chi connectivity index (χ2n) is 5.82. The van der Waals surface area contributed by atoms with Crippen molar-refractivity contribution in [2.45, 2.75) is 33.1 Å². The molecule has 0 saturated heterocycles. The van der Waals surface area contributed by atoms with Gasteiger partial charge in [0.05, 0.1) is 5.57 Å². The van der Waals surface area contributed by atoms with Crippen molar-refractivity contribution in [3.8, 4) is 11.6 Å². The molecule has 0 unspecified atom stereocenters. The van der Waals surface area contributed by atoms with Crippen LogP contribution in [0.2, 0.25) is 5.02 Å². The lowest BCUT2D eigenvalue weighted by atomic mass is 9.96. The van der Waals surface area contributed by atoms with Gasteiger partial charge in [-0.15, -0.1) is 0 Å². The Hall–Kier alpha value is -2.33. The van der Waals surface area contributed by atoms with Crippen molar-refractivity contribution in [2.75, 3.05) is 0 Å². The number of rotatable bonds is 4. The summed E-state index contributed by atoms with van der Waals surface area (Å²) in [4.78, 5) is 16.3. The van der Waals surface area contributed by atoms with Crippen LogP contribution in [0.1, 0.15) is 36.5 Å². The molecule has 0 saturated carbocycles. The van der Waals surface area contributed by atoms with Crippen LogP contribution < -0.4 is 4.74 Å². The Morgan fingerprint density at radius 2 is 2.08 bits per heavy atom. The van der Waals surface area contributed by atoms with Crippen LogP contribution in [0.4, 0.5) is 0 Å². The maximum atomic E-state index is 12.1. The van der Waals surface area contributed by atoms with Crippen molar-refractivity contribution in [1.82, 2.24) is 4.98 Å². The molecular weight excluding hydrogens is 326 g/mol. The van der Waals surface area contributed by atoms with E-state index in [4.69, 9.17) is 16.3 Å². The van der Waals surface area contributed by atoms with Gasteiger partial charge in [0.2, 0.25) is 5.88 Å². The predicted molar refractivity (Wildman–Crippen MR) is 93.7 cm³/mol. The van der Waals surface area contributed by atoms with E-state index in [9.17, 15) is 9.90 Å². The third kappa shape index (κ3) is 3.15. The molecule has 24 heavy (non-hydrogen) atoms. The topological polar surface area (TPSA) is 59.4 Å². The third-order valence-corrected chi connectivity index (χ3v) is 4.32. The highest BCUT2D eigenvalue weighted by molar-refractivity contribution is 6.31. The number of aliphatic hydroxyl groups excluding tert-OH is 1. The van der Waals surface area contributed by atoms with Crippen LogP contribution in [0.3, 0.4) is 0 Å². The first-order valence-electron chi connectivity index (χ1n) is 7.88. The van der Waals surface area contributed by atoms with Crippen LogP contribution in [0.25, 0.3) is 5.57 Å². The standard InChI is InChI=1S/C19H18ClNO3/c1-3-12-4-5-13(24-19-15(20)8-11(2)10-21-19)9-14(12)18-16(22)6-7-17(18)23/h4-5,8-10,22H,3,6-7H2,1-2H3. The zero-order valence-corrected chi connectivity index (χ0v) is 14.4. The SMILES string of the molecule is CCc1ccc(Oc2ncc(C)cc2Cl)cc1C1=C(O)CCC1=O. The zero-order chi connectivity index (χ0) is 17.3. The quantitative estimate of drug-likeness (QED) is 0.845. The molecule has 1 aromatic carbocycles. The molecule has 1 N–H and O–H groups in total. The highest BCUT2D eigenvalue weighted by Crippen LogP contribution is 2.35. The van der Waals surface area contributed by atoms with Gasteiger partial charge in [0.1, 0.15) is 16.5 Å². The van der Waals surface area contributed by atoms with Crippen molar-refractivity contribution < 1.29 is 14.6 Å². The summed E-state index contributed by atoms with van der Waals surface area (Å²) in [5, 5.41) is 10.5. The number of Topliss-reactive ketones (excluding diaryl/α,β-unsaturated/α-hetero) is 1. The molecule has 0 amide bonds. The lowest BCUT2D eigenvalue weighted by Gasteiger charge is -2.13. The minimum atomic E-state index is -0.0363. The van der Waals surface area contributed by atoms with E-state index in [1.165, 1.54) is 0 Å². The molecule has 5 heteroatoms. The maximum Gasteiger partial charge on any atom is 0.238 e. The molecule has 0 spiro atoms. The average molecular weight is 344 g/mol. The van der Waals surface area contributed by atoms with Crippen LogP contribution in [-0.2, 0) is 11.2 Å². The number of halogens is 1. The molecule has 1 heterocycles. The van der Waals surface area contributed by atoms with E-state index in [0.717, 1.165) is 23.1 Å². The minimum absolute atomic E-state index is 0.0363. The van der Waals surface area contributed by atoms with Crippen molar-refractivity contribution in [1.29, 1.82) is 0 Å². The fourth-order valence-electron chi connectivity index (χ4n) is 2.82. The third-order valence-electron chi connectivity index (χ3n) is 4.05. The number of aromatic nitrogens is 1. The van der Waals surface area contributed by atoms with Gasteiger partial charge in [-0.1, -0.05) is 24.6 Å². The van der Waals surface area contributed by atoms with Crippen LogP contribution in [-0.4, -0.2) is 15.9 Å². The number of aryl methyl sites for hydroxylation is 2. The summed E-state index contributed by atoms with van der Waals surface area (Å²) in [6.07, 6.45) is 3.18. The number of carbonyl (C=O) groups excluding carboxylic acids is 1. The second-order valence-corrected chi connectivity index (χ2v) is 6.23. The summed E-state index contributed by atoms with van der Waals surface area (Å²) in [5.41, 5.74) is 3.06. The molecule has 1 aliphatic carbocycles.